The standard InChI is InChI=1S/C27H26N4O4/c1-29(2)20-10-8-18(9-11-20)24-23(25(32)22-16-19-6-3-4-7-21(19)35-22)26(33)27(34)31(24)14-5-13-30-15-12-28-17-30/h3-4,6-12,15-17,24,33H,5,13-14H2,1-2H3. The summed E-state index contributed by atoms with van der Waals surface area (Å²) in [4.78, 5) is 34.4. The van der Waals surface area contributed by atoms with Gasteiger partial charge in [0.05, 0.1) is 17.9 Å². The summed E-state index contributed by atoms with van der Waals surface area (Å²) in [5.74, 6) is -1.49. The van der Waals surface area contributed by atoms with Gasteiger partial charge in [0.1, 0.15) is 5.58 Å². The second-order valence-corrected chi connectivity index (χ2v) is 8.78. The Hall–Kier alpha value is -4.33. The molecule has 1 aliphatic heterocycles. The fourth-order valence-corrected chi connectivity index (χ4v) is 4.49. The number of para-hydroxylation sites is 1. The lowest BCUT2D eigenvalue weighted by Gasteiger charge is -2.27. The molecule has 3 heterocycles. The largest absolute Gasteiger partial charge is 0.503 e. The van der Waals surface area contributed by atoms with Crippen molar-refractivity contribution in [2.75, 3.05) is 25.5 Å². The molecule has 178 valence electrons. The first-order valence-electron chi connectivity index (χ1n) is 11.4. The van der Waals surface area contributed by atoms with Gasteiger partial charge >= 0.3 is 0 Å². The minimum Gasteiger partial charge on any atom is -0.503 e. The molecule has 1 atom stereocenters. The number of Topliss-reactive ketones (excluding diaryl/α,β-unsaturated/α-hetero) is 1. The van der Waals surface area contributed by atoms with Crippen LogP contribution < -0.4 is 4.90 Å². The SMILES string of the molecule is CN(C)c1ccc(C2C(C(=O)c3cc4ccccc4o3)=C(O)C(=O)N2CCCn2ccnc2)cc1. The molecule has 8 nitrogen and oxygen atoms in total. The maximum absolute atomic E-state index is 13.6. The topological polar surface area (TPSA) is 91.8 Å². The smallest absolute Gasteiger partial charge is 0.290 e. The highest BCUT2D eigenvalue weighted by atomic mass is 16.3. The van der Waals surface area contributed by atoms with E-state index in [0.717, 1.165) is 16.6 Å². The summed E-state index contributed by atoms with van der Waals surface area (Å²) >= 11 is 0. The lowest BCUT2D eigenvalue weighted by molar-refractivity contribution is -0.129. The summed E-state index contributed by atoms with van der Waals surface area (Å²) in [7, 11) is 3.89. The van der Waals surface area contributed by atoms with Gasteiger partial charge in [-0.3, -0.25) is 9.59 Å². The maximum Gasteiger partial charge on any atom is 0.290 e. The van der Waals surface area contributed by atoms with Gasteiger partial charge in [0, 0.05) is 50.7 Å². The lowest BCUT2D eigenvalue weighted by atomic mass is 9.94. The van der Waals surface area contributed by atoms with E-state index in [2.05, 4.69) is 4.98 Å². The first kappa shape index (κ1) is 22.5. The van der Waals surface area contributed by atoms with Gasteiger partial charge in [0.2, 0.25) is 5.78 Å². The number of aromatic nitrogens is 2. The minimum atomic E-state index is -0.720. The molecule has 1 unspecified atom stereocenters. The van der Waals surface area contributed by atoms with Crippen molar-refractivity contribution < 1.29 is 19.1 Å². The first-order valence-corrected chi connectivity index (χ1v) is 11.4. The minimum absolute atomic E-state index is 0.0364. The van der Waals surface area contributed by atoms with Gasteiger partial charge in [-0.05, 0) is 36.2 Å². The molecule has 0 spiro atoms. The van der Waals surface area contributed by atoms with Crippen LogP contribution in [0.4, 0.5) is 5.69 Å². The van der Waals surface area contributed by atoms with Crippen molar-refractivity contribution in [2.45, 2.75) is 19.0 Å². The van der Waals surface area contributed by atoms with Crippen LogP contribution in [0.15, 0.2) is 89.1 Å². The van der Waals surface area contributed by atoms with E-state index < -0.39 is 23.5 Å². The summed E-state index contributed by atoms with van der Waals surface area (Å²) < 4.78 is 7.71. The molecule has 0 radical (unpaired) electrons. The third kappa shape index (κ3) is 4.19. The molecule has 1 N–H and O–H groups in total. The normalized spacial score (nSPS) is 15.9. The Morgan fingerprint density at radius 1 is 1.11 bits per heavy atom. The Labute approximate surface area is 202 Å². The predicted molar refractivity (Wildman–Crippen MR) is 132 cm³/mol. The Morgan fingerprint density at radius 3 is 2.57 bits per heavy atom. The molecule has 2 aromatic carbocycles. The van der Waals surface area contributed by atoms with Crippen LogP contribution in [0.5, 0.6) is 0 Å². The van der Waals surface area contributed by atoms with Crippen molar-refractivity contribution in [3.05, 3.63) is 96.0 Å². The van der Waals surface area contributed by atoms with Crippen molar-refractivity contribution >= 4 is 28.3 Å². The Kier molecular flexibility index (Phi) is 5.86. The number of fused-ring (bicyclic) bond motifs is 1. The number of anilines is 1. The third-order valence-electron chi connectivity index (χ3n) is 6.30. The molecule has 0 aliphatic carbocycles. The summed E-state index contributed by atoms with van der Waals surface area (Å²) in [5, 5.41) is 11.7. The number of imidazole rings is 1. The zero-order valence-corrected chi connectivity index (χ0v) is 19.6. The molecule has 1 aliphatic rings. The summed E-state index contributed by atoms with van der Waals surface area (Å²) in [6.07, 6.45) is 5.91. The van der Waals surface area contributed by atoms with Crippen LogP contribution in [0.2, 0.25) is 0 Å². The van der Waals surface area contributed by atoms with E-state index >= 15 is 0 Å². The number of hydrogen-bond acceptors (Lipinski definition) is 6. The zero-order chi connectivity index (χ0) is 24.5. The van der Waals surface area contributed by atoms with Gasteiger partial charge < -0.3 is 23.9 Å². The molecule has 5 rings (SSSR count). The molecule has 4 aromatic rings. The van der Waals surface area contributed by atoms with Crippen LogP contribution in [0.1, 0.15) is 28.6 Å². The number of aliphatic hydroxyl groups is 1. The monoisotopic (exact) mass is 470 g/mol. The van der Waals surface area contributed by atoms with Gasteiger partial charge in [-0.1, -0.05) is 30.3 Å². The highest BCUT2D eigenvalue weighted by molar-refractivity contribution is 6.16. The number of furan rings is 1. The van der Waals surface area contributed by atoms with Gasteiger partial charge in [-0.15, -0.1) is 0 Å². The molecule has 0 bridgehead atoms. The summed E-state index contributed by atoms with van der Waals surface area (Å²) in [5.41, 5.74) is 2.34. The fourth-order valence-electron chi connectivity index (χ4n) is 4.49. The van der Waals surface area contributed by atoms with Crippen LogP contribution in [0, 0.1) is 0 Å². The molecule has 2 aromatic heterocycles. The van der Waals surface area contributed by atoms with E-state index in [0.29, 0.717) is 25.1 Å². The Bertz CT molecular complexity index is 1370. The van der Waals surface area contributed by atoms with Crippen LogP contribution in [0.25, 0.3) is 11.0 Å². The van der Waals surface area contributed by atoms with Gasteiger partial charge in [0.25, 0.3) is 5.91 Å². The number of ketones is 1. The van der Waals surface area contributed by atoms with Gasteiger partial charge in [-0.25, -0.2) is 4.98 Å². The summed E-state index contributed by atoms with van der Waals surface area (Å²) in [6.45, 7) is 1.02. The molecule has 35 heavy (non-hydrogen) atoms. The van der Waals surface area contributed by atoms with E-state index in [4.69, 9.17) is 4.42 Å². The molecule has 0 fully saturated rings. The lowest BCUT2D eigenvalue weighted by Crippen LogP contribution is -2.32. The van der Waals surface area contributed by atoms with E-state index in [-0.39, 0.29) is 11.3 Å². The van der Waals surface area contributed by atoms with Crippen molar-refractivity contribution in [3.8, 4) is 0 Å². The van der Waals surface area contributed by atoms with E-state index in [9.17, 15) is 14.7 Å². The van der Waals surface area contributed by atoms with Crippen molar-refractivity contribution in [2.24, 2.45) is 0 Å². The number of benzene rings is 2. The van der Waals surface area contributed by atoms with E-state index in [1.165, 1.54) is 0 Å². The van der Waals surface area contributed by atoms with Crippen molar-refractivity contribution in [1.82, 2.24) is 14.5 Å². The van der Waals surface area contributed by atoms with E-state index in [1.54, 1.807) is 29.6 Å². The number of hydrogen-bond donors (Lipinski definition) is 1. The molecule has 0 saturated heterocycles. The van der Waals surface area contributed by atoms with Crippen molar-refractivity contribution in [1.29, 1.82) is 0 Å². The number of carbonyl (C=O) groups is 2. The summed E-state index contributed by atoms with van der Waals surface area (Å²) in [6, 6.07) is 15.9. The van der Waals surface area contributed by atoms with E-state index in [1.807, 2.05) is 72.2 Å². The van der Waals surface area contributed by atoms with Crippen LogP contribution in [-0.4, -0.2) is 51.9 Å². The molecule has 8 heteroatoms. The van der Waals surface area contributed by atoms with Gasteiger partial charge in [0.15, 0.2) is 11.5 Å². The zero-order valence-electron chi connectivity index (χ0n) is 19.6. The Balaban J connectivity index is 1.50. The average Bonchev–Trinajstić information content (AvgIpc) is 3.59. The second-order valence-electron chi connectivity index (χ2n) is 8.78. The second kappa shape index (κ2) is 9.13. The molecule has 1 amide bonds. The first-order chi connectivity index (χ1) is 16.9. The molecular weight excluding hydrogens is 444 g/mol. The predicted octanol–water partition coefficient (Wildman–Crippen LogP) is 4.36. The highest BCUT2D eigenvalue weighted by Gasteiger charge is 2.44. The number of amides is 1. The highest BCUT2D eigenvalue weighted by Crippen LogP contribution is 2.40. The maximum atomic E-state index is 13.6. The average molecular weight is 471 g/mol. The quantitative estimate of drug-likeness (QED) is 0.385. The Morgan fingerprint density at radius 2 is 1.89 bits per heavy atom. The number of nitrogens with zero attached hydrogens (tertiary/aromatic N) is 4. The van der Waals surface area contributed by atoms with Crippen LogP contribution in [-0.2, 0) is 11.3 Å². The van der Waals surface area contributed by atoms with Crippen LogP contribution in [0.3, 0.4) is 0 Å². The number of aliphatic hydroxyl groups excluding tert-OH is 1. The fraction of sp³-hybridized carbons (Fsp3) is 0.222. The van der Waals surface area contributed by atoms with Crippen molar-refractivity contribution in [3.63, 3.8) is 0 Å². The molecular formula is C27H26N4O4. The number of aryl methyl sites for hydroxylation is 1. The number of rotatable bonds is 8. The van der Waals surface area contributed by atoms with Gasteiger partial charge in [-0.2, -0.15) is 0 Å². The van der Waals surface area contributed by atoms with Crippen LogP contribution >= 0.6 is 0 Å². The number of carbonyl (C=O) groups excluding carboxylic acids is 2. The molecule has 0 saturated carbocycles. The third-order valence-corrected chi connectivity index (χ3v) is 6.30.